The third kappa shape index (κ3) is 4.95. The number of nitrogens with two attached hydrogens (primary N) is 1. The first-order valence-corrected chi connectivity index (χ1v) is 13.8. The lowest BCUT2D eigenvalue weighted by Crippen LogP contribution is -2.39. The van der Waals surface area contributed by atoms with Crippen molar-refractivity contribution >= 4 is 39.0 Å². The van der Waals surface area contributed by atoms with Crippen LogP contribution in [-0.4, -0.2) is 5.78 Å². The lowest BCUT2D eigenvalue weighted by molar-refractivity contribution is -0.116. The summed E-state index contributed by atoms with van der Waals surface area (Å²) >= 11 is 9.57. The number of nitriles is 1. The van der Waals surface area contributed by atoms with Crippen LogP contribution < -0.4 is 15.4 Å². The van der Waals surface area contributed by atoms with E-state index in [4.69, 9.17) is 22.1 Å². The molecule has 0 saturated heterocycles. The zero-order chi connectivity index (χ0) is 27.8. The first kappa shape index (κ1) is 27.0. The molecule has 0 radical (unpaired) electrons. The van der Waals surface area contributed by atoms with E-state index in [-0.39, 0.29) is 29.5 Å². The van der Waals surface area contributed by atoms with E-state index in [0.29, 0.717) is 45.8 Å². The van der Waals surface area contributed by atoms with Crippen LogP contribution in [0.1, 0.15) is 47.4 Å². The van der Waals surface area contributed by atoms with Gasteiger partial charge in [-0.3, -0.25) is 9.69 Å². The molecule has 1 atom stereocenters. The molecule has 2 N–H and O–H groups in total. The highest BCUT2D eigenvalue weighted by Crippen LogP contribution is 2.47. The minimum absolute atomic E-state index is 0.0575. The van der Waals surface area contributed by atoms with Gasteiger partial charge in [-0.05, 0) is 79.3 Å². The highest BCUT2D eigenvalue weighted by atomic mass is 79.9. The Bertz CT molecular complexity index is 1610. The number of Topliss-reactive ketones (excluding diaryl/α,β-unsaturated/α-hetero) is 1. The van der Waals surface area contributed by atoms with Gasteiger partial charge in [0.25, 0.3) is 0 Å². The predicted octanol–water partition coefficient (Wildman–Crippen LogP) is 7.74. The molecule has 1 aliphatic carbocycles. The van der Waals surface area contributed by atoms with Crippen molar-refractivity contribution in [2.45, 2.75) is 45.6 Å². The van der Waals surface area contributed by atoms with Gasteiger partial charge in [-0.15, -0.1) is 0 Å². The van der Waals surface area contributed by atoms with Gasteiger partial charge in [0.15, 0.2) is 5.78 Å². The number of ether oxygens (including phenoxy) is 1. The second kappa shape index (κ2) is 10.9. The minimum atomic E-state index is -0.660. The van der Waals surface area contributed by atoms with E-state index >= 15 is 4.39 Å². The van der Waals surface area contributed by atoms with E-state index in [9.17, 15) is 10.1 Å². The number of hydrogen-bond donors (Lipinski definition) is 1. The van der Waals surface area contributed by atoms with Gasteiger partial charge in [0.1, 0.15) is 24.0 Å². The molecule has 2 aliphatic rings. The molecule has 198 valence electrons. The van der Waals surface area contributed by atoms with Crippen LogP contribution in [0.4, 0.5) is 10.1 Å². The lowest BCUT2D eigenvalue weighted by Gasteiger charge is -2.40. The van der Waals surface area contributed by atoms with Crippen LogP contribution in [0.5, 0.6) is 5.75 Å². The molecule has 0 aromatic heterocycles. The summed E-state index contributed by atoms with van der Waals surface area (Å²) in [7, 11) is 0. The Morgan fingerprint density at radius 2 is 1.92 bits per heavy atom. The number of rotatable bonds is 5. The number of ketones is 1. The average molecular weight is 607 g/mol. The number of aryl methyl sites for hydroxylation is 2. The summed E-state index contributed by atoms with van der Waals surface area (Å²) in [6.07, 6.45) is 1.52. The molecule has 0 saturated carbocycles. The maximum Gasteiger partial charge on any atom is 0.161 e. The fraction of sp³-hybridized carbons (Fsp3) is 0.226. The zero-order valence-corrected chi connectivity index (χ0v) is 23.9. The Hall–Kier alpha value is -3.60. The first-order valence-electron chi connectivity index (χ1n) is 12.6. The summed E-state index contributed by atoms with van der Waals surface area (Å²) in [5.41, 5.74) is 11.8. The van der Waals surface area contributed by atoms with Gasteiger partial charge < -0.3 is 10.5 Å². The van der Waals surface area contributed by atoms with Gasteiger partial charge in [0, 0.05) is 22.2 Å². The first-order chi connectivity index (χ1) is 18.7. The molecule has 8 heteroatoms. The standard InChI is InChI=1S/C31H26BrClFN3O2/c1-17-12-18(2)21(13-19(17)16-39-28-9-4-3-6-23(28)33)29-22(15-35)31(36)37(25-11-10-20(32)14-24(25)34)26-7-5-8-27(38)30(26)29/h3-4,6,9-14,29H,5,7-8,16,36H2,1-2H3. The zero-order valence-electron chi connectivity index (χ0n) is 21.5. The molecule has 39 heavy (non-hydrogen) atoms. The van der Waals surface area contributed by atoms with Crippen molar-refractivity contribution in [1.82, 2.24) is 0 Å². The fourth-order valence-corrected chi connectivity index (χ4v) is 5.96. The fourth-order valence-electron chi connectivity index (χ4n) is 5.44. The van der Waals surface area contributed by atoms with Crippen molar-refractivity contribution in [3.05, 3.63) is 115 Å². The number of anilines is 1. The van der Waals surface area contributed by atoms with Crippen LogP contribution >= 0.6 is 27.5 Å². The molecule has 5 nitrogen and oxygen atoms in total. The van der Waals surface area contributed by atoms with Gasteiger partial charge in [0.2, 0.25) is 0 Å². The third-order valence-electron chi connectivity index (χ3n) is 7.32. The van der Waals surface area contributed by atoms with E-state index < -0.39 is 11.7 Å². The SMILES string of the molecule is Cc1cc(C)c(C2C(C#N)=C(N)N(c3ccc(Br)cc3F)C3=C2C(=O)CCC3)cc1COc1ccccc1Cl. The molecular formula is C31H26BrClFN3O2. The number of halogens is 3. The number of benzene rings is 3. The van der Waals surface area contributed by atoms with Crippen LogP contribution in [0.3, 0.4) is 0 Å². The predicted molar refractivity (Wildman–Crippen MR) is 154 cm³/mol. The third-order valence-corrected chi connectivity index (χ3v) is 8.12. The molecule has 5 rings (SSSR count). The molecule has 1 unspecified atom stereocenters. The summed E-state index contributed by atoms with van der Waals surface area (Å²) < 4.78 is 21.8. The van der Waals surface area contributed by atoms with Crippen molar-refractivity contribution in [1.29, 1.82) is 5.26 Å². The number of nitrogens with zero attached hydrogens (tertiary/aromatic N) is 2. The normalized spacial score (nSPS) is 17.3. The van der Waals surface area contributed by atoms with Crippen molar-refractivity contribution in [2.75, 3.05) is 4.90 Å². The Balaban J connectivity index is 1.65. The summed E-state index contributed by atoms with van der Waals surface area (Å²) in [5.74, 6) is -0.519. The maximum absolute atomic E-state index is 15.2. The minimum Gasteiger partial charge on any atom is -0.487 e. The number of hydrogen-bond acceptors (Lipinski definition) is 5. The largest absolute Gasteiger partial charge is 0.487 e. The van der Waals surface area contributed by atoms with Gasteiger partial charge in [-0.1, -0.05) is 51.8 Å². The lowest BCUT2D eigenvalue weighted by atomic mass is 9.74. The van der Waals surface area contributed by atoms with Crippen molar-refractivity contribution < 1.29 is 13.9 Å². The number of carbonyl (C=O) groups excluding carboxylic acids is 1. The second-order valence-electron chi connectivity index (χ2n) is 9.77. The Kier molecular flexibility index (Phi) is 7.53. The van der Waals surface area contributed by atoms with E-state index in [0.717, 1.165) is 22.3 Å². The molecule has 0 amide bonds. The van der Waals surface area contributed by atoms with Gasteiger partial charge >= 0.3 is 0 Å². The average Bonchev–Trinajstić information content (AvgIpc) is 2.89. The molecule has 0 spiro atoms. The molecule has 3 aromatic carbocycles. The highest BCUT2D eigenvalue weighted by molar-refractivity contribution is 9.10. The molecule has 3 aromatic rings. The van der Waals surface area contributed by atoms with Gasteiger partial charge in [-0.25, -0.2) is 4.39 Å². The highest BCUT2D eigenvalue weighted by Gasteiger charge is 2.41. The molecule has 0 bridgehead atoms. The Morgan fingerprint density at radius 1 is 1.15 bits per heavy atom. The smallest absolute Gasteiger partial charge is 0.161 e. The molecule has 1 heterocycles. The van der Waals surface area contributed by atoms with Crippen LogP contribution in [0.25, 0.3) is 0 Å². The summed E-state index contributed by atoms with van der Waals surface area (Å²) in [4.78, 5) is 15.1. The van der Waals surface area contributed by atoms with Crippen molar-refractivity contribution in [3.63, 3.8) is 0 Å². The van der Waals surface area contributed by atoms with Crippen LogP contribution in [-0.2, 0) is 11.4 Å². The van der Waals surface area contributed by atoms with E-state index in [1.54, 1.807) is 29.2 Å². The number of allylic oxidation sites excluding steroid dienone is 3. The van der Waals surface area contributed by atoms with E-state index in [1.165, 1.54) is 6.07 Å². The summed E-state index contributed by atoms with van der Waals surface area (Å²) in [6, 6.07) is 18.2. The maximum atomic E-state index is 15.2. The van der Waals surface area contributed by atoms with Gasteiger partial charge in [0.05, 0.1) is 28.3 Å². The van der Waals surface area contributed by atoms with Crippen LogP contribution in [0, 0.1) is 31.0 Å². The van der Waals surface area contributed by atoms with E-state index in [1.807, 2.05) is 38.1 Å². The summed E-state index contributed by atoms with van der Waals surface area (Å²) in [5, 5.41) is 10.9. The topological polar surface area (TPSA) is 79.4 Å². The molecule has 1 aliphatic heterocycles. The van der Waals surface area contributed by atoms with Crippen LogP contribution in [0.2, 0.25) is 5.02 Å². The quantitative estimate of drug-likeness (QED) is 0.321. The Labute approximate surface area is 240 Å². The molecular weight excluding hydrogens is 581 g/mol. The van der Waals surface area contributed by atoms with E-state index in [2.05, 4.69) is 22.0 Å². The summed E-state index contributed by atoms with van der Waals surface area (Å²) in [6.45, 7) is 4.21. The van der Waals surface area contributed by atoms with Crippen LogP contribution in [0.15, 0.2) is 81.7 Å². The number of para-hydroxylation sites is 1. The second-order valence-corrected chi connectivity index (χ2v) is 11.1. The Morgan fingerprint density at radius 3 is 2.64 bits per heavy atom. The monoisotopic (exact) mass is 605 g/mol. The van der Waals surface area contributed by atoms with Gasteiger partial charge in [-0.2, -0.15) is 5.26 Å². The number of carbonyl (C=O) groups is 1. The van der Waals surface area contributed by atoms with Crippen molar-refractivity contribution in [3.8, 4) is 11.8 Å². The molecule has 0 fully saturated rings. The van der Waals surface area contributed by atoms with Crippen molar-refractivity contribution in [2.24, 2.45) is 5.73 Å².